The highest BCUT2D eigenvalue weighted by Crippen LogP contribution is 2.16. The van der Waals surface area contributed by atoms with Crippen molar-refractivity contribution in [3.05, 3.63) is 30.1 Å². The fourth-order valence-electron chi connectivity index (χ4n) is 2.07. The molecule has 4 heteroatoms. The van der Waals surface area contributed by atoms with Crippen LogP contribution in [-0.2, 0) is 4.79 Å². The van der Waals surface area contributed by atoms with Crippen molar-refractivity contribution in [1.29, 1.82) is 0 Å². The van der Waals surface area contributed by atoms with Crippen LogP contribution in [0.5, 0.6) is 0 Å². The molecule has 0 aromatic heterocycles. The zero-order chi connectivity index (χ0) is 12.3. The highest BCUT2D eigenvalue weighted by Gasteiger charge is 2.24. The van der Waals surface area contributed by atoms with E-state index in [2.05, 4.69) is 17.6 Å². The van der Waals surface area contributed by atoms with Gasteiger partial charge in [0.15, 0.2) is 0 Å². The van der Waals surface area contributed by atoms with E-state index >= 15 is 0 Å². The lowest BCUT2D eigenvalue weighted by Crippen LogP contribution is -2.45. The topological polar surface area (TPSA) is 41.1 Å². The molecule has 1 aliphatic heterocycles. The van der Waals surface area contributed by atoms with Gasteiger partial charge in [0.1, 0.15) is 5.82 Å². The number of hydrogen-bond donors (Lipinski definition) is 2. The Kier molecular flexibility index (Phi) is 3.74. The Hall–Kier alpha value is -1.42. The average Bonchev–Trinajstić information content (AvgIpc) is 2.32. The van der Waals surface area contributed by atoms with Crippen molar-refractivity contribution in [3.8, 4) is 0 Å². The molecule has 1 heterocycles. The molecule has 0 saturated carbocycles. The van der Waals surface area contributed by atoms with Crippen molar-refractivity contribution in [2.45, 2.75) is 25.8 Å². The minimum atomic E-state index is -0.299. The molecular formula is C13H17FN2O. The number of rotatable bonds is 2. The predicted octanol–water partition coefficient (Wildman–Crippen LogP) is 2.15. The van der Waals surface area contributed by atoms with Crippen LogP contribution in [0.25, 0.3) is 0 Å². The van der Waals surface area contributed by atoms with Crippen molar-refractivity contribution in [2.75, 3.05) is 11.9 Å². The minimum absolute atomic E-state index is 0.0387. The highest BCUT2D eigenvalue weighted by atomic mass is 19.1. The summed E-state index contributed by atoms with van der Waals surface area (Å²) in [4.78, 5) is 11.9. The Morgan fingerprint density at radius 2 is 2.12 bits per heavy atom. The van der Waals surface area contributed by atoms with Gasteiger partial charge in [-0.05, 0) is 49.6 Å². The average molecular weight is 236 g/mol. The first-order chi connectivity index (χ1) is 8.15. The lowest BCUT2D eigenvalue weighted by atomic mass is 9.94. The molecule has 1 aliphatic rings. The van der Waals surface area contributed by atoms with Gasteiger partial charge in [0.05, 0.1) is 6.04 Å². The molecule has 1 fully saturated rings. The van der Waals surface area contributed by atoms with Gasteiger partial charge in [-0.3, -0.25) is 4.79 Å². The molecule has 1 amide bonds. The van der Waals surface area contributed by atoms with Gasteiger partial charge in [0, 0.05) is 5.69 Å². The van der Waals surface area contributed by atoms with E-state index < -0.39 is 0 Å². The Bertz CT molecular complexity index is 391. The largest absolute Gasteiger partial charge is 0.325 e. The molecule has 0 bridgehead atoms. The number of halogens is 1. The van der Waals surface area contributed by atoms with Gasteiger partial charge in [-0.25, -0.2) is 4.39 Å². The SMILES string of the molecule is CC1CCNC(C(=O)Nc2ccc(F)cc2)C1. The van der Waals surface area contributed by atoms with Crippen LogP contribution in [0.4, 0.5) is 10.1 Å². The van der Waals surface area contributed by atoms with Crippen molar-refractivity contribution >= 4 is 11.6 Å². The lowest BCUT2D eigenvalue weighted by Gasteiger charge is -2.27. The number of nitrogens with one attached hydrogen (secondary N) is 2. The summed E-state index contributed by atoms with van der Waals surface area (Å²) in [6.07, 6.45) is 1.97. The third-order valence-electron chi connectivity index (χ3n) is 3.09. The molecule has 1 aromatic rings. The van der Waals surface area contributed by atoms with Crippen molar-refractivity contribution in [2.24, 2.45) is 5.92 Å². The summed E-state index contributed by atoms with van der Waals surface area (Å²) in [5.41, 5.74) is 0.636. The second-order valence-electron chi connectivity index (χ2n) is 4.63. The van der Waals surface area contributed by atoms with E-state index in [0.717, 1.165) is 19.4 Å². The molecule has 2 rings (SSSR count). The first kappa shape index (κ1) is 12.0. The summed E-state index contributed by atoms with van der Waals surface area (Å²) in [5, 5.41) is 5.99. The molecular weight excluding hydrogens is 219 g/mol. The maximum absolute atomic E-state index is 12.7. The highest BCUT2D eigenvalue weighted by molar-refractivity contribution is 5.94. The molecule has 2 atom stereocenters. The Balaban J connectivity index is 1.94. The number of hydrogen-bond acceptors (Lipinski definition) is 2. The van der Waals surface area contributed by atoms with Gasteiger partial charge < -0.3 is 10.6 Å². The zero-order valence-corrected chi connectivity index (χ0v) is 9.87. The molecule has 0 spiro atoms. The number of benzene rings is 1. The van der Waals surface area contributed by atoms with Crippen LogP contribution in [-0.4, -0.2) is 18.5 Å². The molecule has 3 nitrogen and oxygen atoms in total. The van der Waals surface area contributed by atoms with Crippen molar-refractivity contribution in [1.82, 2.24) is 5.32 Å². The third kappa shape index (κ3) is 3.27. The molecule has 92 valence electrons. The maximum atomic E-state index is 12.7. The predicted molar refractivity (Wildman–Crippen MR) is 65.2 cm³/mol. The second kappa shape index (κ2) is 5.27. The van der Waals surface area contributed by atoms with Gasteiger partial charge in [0.2, 0.25) is 5.91 Å². The number of anilines is 1. The van der Waals surface area contributed by atoms with Crippen LogP contribution >= 0.6 is 0 Å². The van der Waals surface area contributed by atoms with Gasteiger partial charge in [0.25, 0.3) is 0 Å². The summed E-state index contributed by atoms with van der Waals surface area (Å²) < 4.78 is 12.7. The Morgan fingerprint density at radius 3 is 2.76 bits per heavy atom. The standard InChI is InChI=1S/C13H17FN2O/c1-9-6-7-15-12(8-9)13(17)16-11-4-2-10(14)3-5-11/h2-5,9,12,15H,6-8H2,1H3,(H,16,17). The van der Waals surface area contributed by atoms with E-state index in [1.165, 1.54) is 12.1 Å². The number of carbonyl (C=O) groups excluding carboxylic acids is 1. The summed E-state index contributed by atoms with van der Waals surface area (Å²) >= 11 is 0. The number of piperidine rings is 1. The lowest BCUT2D eigenvalue weighted by molar-refractivity contribution is -0.119. The quantitative estimate of drug-likeness (QED) is 0.826. The van der Waals surface area contributed by atoms with E-state index in [0.29, 0.717) is 11.6 Å². The Morgan fingerprint density at radius 1 is 1.41 bits per heavy atom. The molecule has 0 radical (unpaired) electrons. The summed E-state index contributed by atoms with van der Waals surface area (Å²) in [6.45, 7) is 3.03. The van der Waals surface area contributed by atoms with E-state index in [-0.39, 0.29) is 17.8 Å². The molecule has 17 heavy (non-hydrogen) atoms. The monoisotopic (exact) mass is 236 g/mol. The first-order valence-electron chi connectivity index (χ1n) is 5.95. The molecule has 1 saturated heterocycles. The number of carbonyl (C=O) groups is 1. The first-order valence-corrected chi connectivity index (χ1v) is 5.95. The fraction of sp³-hybridized carbons (Fsp3) is 0.462. The number of amides is 1. The smallest absolute Gasteiger partial charge is 0.241 e. The van der Waals surface area contributed by atoms with Crippen LogP contribution < -0.4 is 10.6 Å². The van der Waals surface area contributed by atoms with E-state index in [9.17, 15) is 9.18 Å². The van der Waals surface area contributed by atoms with E-state index in [1.807, 2.05) is 0 Å². The minimum Gasteiger partial charge on any atom is -0.325 e. The Labute approximate surface area is 100 Å². The van der Waals surface area contributed by atoms with E-state index in [4.69, 9.17) is 0 Å². The summed E-state index contributed by atoms with van der Waals surface area (Å²) in [5.74, 6) is 0.232. The van der Waals surface area contributed by atoms with Crippen molar-refractivity contribution in [3.63, 3.8) is 0 Å². The van der Waals surface area contributed by atoms with Crippen LogP contribution in [0, 0.1) is 11.7 Å². The third-order valence-corrected chi connectivity index (χ3v) is 3.09. The summed E-state index contributed by atoms with van der Waals surface area (Å²) in [6, 6.07) is 5.68. The molecule has 0 aliphatic carbocycles. The normalized spacial score (nSPS) is 24.4. The van der Waals surface area contributed by atoms with Crippen LogP contribution in [0.15, 0.2) is 24.3 Å². The van der Waals surface area contributed by atoms with Gasteiger partial charge in [-0.15, -0.1) is 0 Å². The van der Waals surface area contributed by atoms with Gasteiger partial charge >= 0.3 is 0 Å². The van der Waals surface area contributed by atoms with Crippen molar-refractivity contribution < 1.29 is 9.18 Å². The fourth-order valence-corrected chi connectivity index (χ4v) is 2.07. The molecule has 2 N–H and O–H groups in total. The van der Waals surface area contributed by atoms with E-state index in [1.54, 1.807) is 12.1 Å². The van der Waals surface area contributed by atoms with Crippen LogP contribution in [0.1, 0.15) is 19.8 Å². The summed E-state index contributed by atoms with van der Waals surface area (Å²) in [7, 11) is 0. The molecule has 2 unspecified atom stereocenters. The van der Waals surface area contributed by atoms with Crippen LogP contribution in [0.3, 0.4) is 0 Å². The maximum Gasteiger partial charge on any atom is 0.241 e. The molecule has 1 aromatic carbocycles. The second-order valence-corrected chi connectivity index (χ2v) is 4.63. The van der Waals surface area contributed by atoms with Gasteiger partial charge in [-0.1, -0.05) is 6.92 Å². The van der Waals surface area contributed by atoms with Crippen LogP contribution in [0.2, 0.25) is 0 Å². The zero-order valence-electron chi connectivity index (χ0n) is 9.87. The van der Waals surface area contributed by atoms with Gasteiger partial charge in [-0.2, -0.15) is 0 Å².